The van der Waals surface area contributed by atoms with Crippen LogP contribution < -0.4 is 10.9 Å². The van der Waals surface area contributed by atoms with Crippen LogP contribution in [-0.2, 0) is 6.54 Å². The highest BCUT2D eigenvalue weighted by Gasteiger charge is 2.11. The smallest absolute Gasteiger partial charge is 0.292 e. The number of pyridine rings is 1. The van der Waals surface area contributed by atoms with Crippen LogP contribution in [0.4, 0.5) is 5.69 Å². The second kappa shape index (κ2) is 6.92. The van der Waals surface area contributed by atoms with Gasteiger partial charge in [0.25, 0.3) is 5.56 Å². The SMILES string of the molecule is CCn1nc(-c2ccccc2)cc(N=c2cccc3n(O)cccc2-3)c1=O. The van der Waals surface area contributed by atoms with Crippen molar-refractivity contribution in [3.05, 3.63) is 88.6 Å². The van der Waals surface area contributed by atoms with Crippen molar-refractivity contribution >= 4 is 5.69 Å². The first kappa shape index (κ1) is 16.8. The monoisotopic (exact) mass is 358 g/mol. The van der Waals surface area contributed by atoms with Crippen LogP contribution in [0.1, 0.15) is 6.92 Å². The maximum Gasteiger partial charge on any atom is 0.292 e. The molecule has 0 atom stereocenters. The zero-order valence-corrected chi connectivity index (χ0v) is 14.8. The zero-order valence-electron chi connectivity index (χ0n) is 14.8. The molecule has 0 unspecified atom stereocenters. The van der Waals surface area contributed by atoms with E-state index in [1.54, 1.807) is 30.5 Å². The Kier molecular flexibility index (Phi) is 4.30. The molecule has 0 fully saturated rings. The van der Waals surface area contributed by atoms with E-state index in [0.29, 0.717) is 29.0 Å². The van der Waals surface area contributed by atoms with E-state index in [4.69, 9.17) is 0 Å². The second-order valence-corrected chi connectivity index (χ2v) is 6.08. The summed E-state index contributed by atoms with van der Waals surface area (Å²) in [6.07, 6.45) is 1.55. The van der Waals surface area contributed by atoms with Gasteiger partial charge in [-0.05, 0) is 37.3 Å². The van der Waals surface area contributed by atoms with Crippen molar-refractivity contribution in [2.75, 3.05) is 0 Å². The van der Waals surface area contributed by atoms with Crippen molar-refractivity contribution in [3.63, 3.8) is 0 Å². The Balaban J connectivity index is 1.96. The molecule has 2 aliphatic rings. The van der Waals surface area contributed by atoms with Crippen molar-refractivity contribution in [2.24, 2.45) is 4.99 Å². The highest BCUT2D eigenvalue weighted by Crippen LogP contribution is 2.20. The number of benzene rings is 2. The third kappa shape index (κ3) is 3.13. The van der Waals surface area contributed by atoms with Gasteiger partial charge in [-0.1, -0.05) is 36.4 Å². The lowest BCUT2D eigenvalue weighted by atomic mass is 10.1. The predicted octanol–water partition coefficient (Wildman–Crippen LogP) is 3.31. The van der Waals surface area contributed by atoms with Gasteiger partial charge in [0.1, 0.15) is 5.69 Å². The first-order valence-electron chi connectivity index (χ1n) is 8.69. The fourth-order valence-corrected chi connectivity index (χ4v) is 3.01. The Morgan fingerprint density at radius 1 is 1.04 bits per heavy atom. The molecule has 6 nitrogen and oxygen atoms in total. The molecule has 2 heterocycles. The second-order valence-electron chi connectivity index (χ2n) is 6.08. The van der Waals surface area contributed by atoms with Crippen molar-refractivity contribution in [3.8, 4) is 22.5 Å². The van der Waals surface area contributed by atoms with E-state index in [0.717, 1.165) is 15.9 Å². The van der Waals surface area contributed by atoms with Crippen molar-refractivity contribution in [1.29, 1.82) is 0 Å². The third-order valence-electron chi connectivity index (χ3n) is 4.36. The molecule has 4 rings (SSSR count). The molecular formula is C21H18N4O2. The largest absolute Gasteiger partial charge is 0.428 e. The summed E-state index contributed by atoms with van der Waals surface area (Å²) in [5.41, 5.74) is 3.04. The average Bonchev–Trinajstić information content (AvgIpc) is 2.71. The molecular weight excluding hydrogens is 340 g/mol. The molecule has 1 N–H and O–H groups in total. The maximum atomic E-state index is 12.7. The van der Waals surface area contributed by atoms with Gasteiger partial charge in [-0.15, -0.1) is 0 Å². The lowest BCUT2D eigenvalue weighted by Gasteiger charge is -2.10. The molecule has 0 radical (unpaired) electrons. The van der Waals surface area contributed by atoms with Crippen LogP contribution in [0.2, 0.25) is 0 Å². The minimum atomic E-state index is -0.248. The fourth-order valence-electron chi connectivity index (χ4n) is 3.01. The van der Waals surface area contributed by atoms with E-state index in [1.165, 1.54) is 4.68 Å². The lowest BCUT2D eigenvalue weighted by molar-refractivity contribution is 0.189. The molecule has 0 bridgehead atoms. The van der Waals surface area contributed by atoms with Gasteiger partial charge in [-0.3, -0.25) is 4.79 Å². The highest BCUT2D eigenvalue weighted by molar-refractivity contribution is 5.63. The first-order valence-corrected chi connectivity index (χ1v) is 8.69. The van der Waals surface area contributed by atoms with Crippen molar-refractivity contribution in [2.45, 2.75) is 13.5 Å². The van der Waals surface area contributed by atoms with E-state index in [9.17, 15) is 10.0 Å². The van der Waals surface area contributed by atoms with Crippen LogP contribution in [0.25, 0.3) is 22.5 Å². The number of fused-ring (bicyclic) bond motifs is 1. The Hall–Kier alpha value is -3.67. The van der Waals surface area contributed by atoms with Crippen LogP contribution in [0, 0.1) is 0 Å². The molecule has 0 amide bonds. The van der Waals surface area contributed by atoms with Gasteiger partial charge in [0.2, 0.25) is 0 Å². The van der Waals surface area contributed by atoms with Crippen molar-refractivity contribution in [1.82, 2.24) is 14.5 Å². The van der Waals surface area contributed by atoms with E-state index in [2.05, 4.69) is 10.1 Å². The molecule has 6 heteroatoms. The molecule has 134 valence electrons. The van der Waals surface area contributed by atoms with Gasteiger partial charge >= 0.3 is 0 Å². The Morgan fingerprint density at radius 3 is 2.63 bits per heavy atom. The number of hydrogen-bond donors (Lipinski definition) is 1. The van der Waals surface area contributed by atoms with Gasteiger partial charge in [0, 0.05) is 23.9 Å². The number of nitrogens with zero attached hydrogens (tertiary/aromatic N) is 4. The van der Waals surface area contributed by atoms with Crippen LogP contribution in [0.15, 0.2) is 82.7 Å². The number of aromatic nitrogens is 3. The average molecular weight is 358 g/mol. The standard InChI is InChI=1S/C21H18N4O2/c1-2-24-21(26)19(14-18(23-24)15-8-4-3-5-9-15)22-17-11-6-12-20-16(17)10-7-13-25(20)27/h3-14,27H,2H2,1H3. The summed E-state index contributed by atoms with van der Waals surface area (Å²) in [6.45, 7) is 2.33. The van der Waals surface area contributed by atoms with Crippen molar-refractivity contribution < 1.29 is 5.21 Å². The topological polar surface area (TPSA) is 72.4 Å². The van der Waals surface area contributed by atoms with Crippen LogP contribution in [0.5, 0.6) is 0 Å². The molecule has 1 aliphatic heterocycles. The number of hydrogen-bond acceptors (Lipinski definition) is 4. The Labute approximate surface area is 155 Å². The summed E-state index contributed by atoms with van der Waals surface area (Å²) in [5.74, 6) is 0. The molecule has 1 aromatic carbocycles. The van der Waals surface area contributed by atoms with Crippen LogP contribution in [-0.4, -0.2) is 19.7 Å². The van der Waals surface area contributed by atoms with E-state index < -0.39 is 0 Å². The Morgan fingerprint density at radius 2 is 1.85 bits per heavy atom. The fraction of sp³-hybridized carbons (Fsp3) is 0.0952. The molecule has 1 aliphatic carbocycles. The Bertz CT molecular complexity index is 1190. The van der Waals surface area contributed by atoms with Crippen LogP contribution >= 0.6 is 0 Å². The molecule has 0 spiro atoms. The van der Waals surface area contributed by atoms with E-state index in [-0.39, 0.29) is 5.56 Å². The van der Waals surface area contributed by atoms with E-state index in [1.807, 2.05) is 49.4 Å². The molecule has 2 aromatic rings. The highest BCUT2D eigenvalue weighted by atomic mass is 16.5. The van der Waals surface area contributed by atoms with E-state index >= 15 is 0 Å². The molecule has 27 heavy (non-hydrogen) atoms. The minimum Gasteiger partial charge on any atom is -0.428 e. The normalized spacial score (nSPS) is 11.8. The summed E-state index contributed by atoms with van der Waals surface area (Å²) in [7, 11) is 0. The maximum absolute atomic E-state index is 12.7. The third-order valence-corrected chi connectivity index (χ3v) is 4.36. The molecule has 1 aromatic heterocycles. The summed E-state index contributed by atoms with van der Waals surface area (Å²) in [5, 5.41) is 15.0. The summed E-state index contributed by atoms with van der Waals surface area (Å²) in [4.78, 5) is 17.3. The van der Waals surface area contributed by atoms with Gasteiger partial charge in [0.15, 0.2) is 0 Å². The molecule has 0 saturated heterocycles. The molecule has 0 saturated carbocycles. The minimum absolute atomic E-state index is 0.248. The van der Waals surface area contributed by atoms with Gasteiger partial charge in [-0.25, -0.2) is 9.67 Å². The quantitative estimate of drug-likeness (QED) is 0.571. The van der Waals surface area contributed by atoms with Gasteiger partial charge in [0.05, 0.1) is 16.7 Å². The summed E-state index contributed by atoms with van der Waals surface area (Å²) < 4.78 is 2.46. The summed E-state index contributed by atoms with van der Waals surface area (Å²) in [6, 6.07) is 20.4. The number of rotatable bonds is 3. The lowest BCUT2D eigenvalue weighted by Crippen LogP contribution is -2.23. The zero-order chi connectivity index (χ0) is 18.8. The first-order chi connectivity index (χ1) is 13.2. The number of aryl methyl sites for hydroxylation is 1. The van der Waals surface area contributed by atoms with Gasteiger partial charge < -0.3 is 5.21 Å². The van der Waals surface area contributed by atoms with Crippen LogP contribution in [0.3, 0.4) is 0 Å². The van der Waals surface area contributed by atoms with Gasteiger partial charge in [-0.2, -0.15) is 9.83 Å². The predicted molar refractivity (Wildman–Crippen MR) is 103 cm³/mol. The summed E-state index contributed by atoms with van der Waals surface area (Å²) >= 11 is 0.